The van der Waals surface area contributed by atoms with Crippen LogP contribution in [0.3, 0.4) is 0 Å². The van der Waals surface area contributed by atoms with Crippen LogP contribution >= 0.6 is 7.14 Å². The third-order valence-corrected chi connectivity index (χ3v) is 8.05. The second-order valence-electron chi connectivity index (χ2n) is 6.13. The van der Waals surface area contributed by atoms with Gasteiger partial charge in [-0.15, -0.1) is 0 Å². The van der Waals surface area contributed by atoms with E-state index >= 15 is 0 Å². The van der Waals surface area contributed by atoms with Crippen molar-refractivity contribution < 1.29 is 9.36 Å². The Labute approximate surface area is 154 Å². The van der Waals surface area contributed by atoms with Gasteiger partial charge in [-0.1, -0.05) is 91.0 Å². The van der Waals surface area contributed by atoms with Gasteiger partial charge in [0.2, 0.25) is 5.91 Å². The molecule has 3 aromatic carbocycles. The first-order chi connectivity index (χ1) is 12.7. The largest absolute Gasteiger partial charge is 0.359 e. The van der Waals surface area contributed by atoms with Gasteiger partial charge in [0.1, 0.15) is 0 Å². The van der Waals surface area contributed by atoms with Gasteiger partial charge in [0.05, 0.1) is 5.66 Å². The molecule has 0 aliphatic rings. The zero-order chi connectivity index (χ0) is 18.4. The molecule has 0 spiro atoms. The molecule has 132 valence electrons. The van der Waals surface area contributed by atoms with Gasteiger partial charge >= 0.3 is 0 Å². The molecule has 4 heteroatoms. The van der Waals surface area contributed by atoms with Crippen molar-refractivity contribution in [1.29, 1.82) is 0 Å². The number of hydrogen-bond acceptors (Lipinski definition) is 2. The number of amides is 1. The van der Waals surface area contributed by atoms with Crippen LogP contribution in [0.25, 0.3) is 0 Å². The quantitative estimate of drug-likeness (QED) is 0.676. The molecule has 1 atom stereocenters. The average molecular weight is 363 g/mol. The van der Waals surface area contributed by atoms with Gasteiger partial charge in [-0.3, -0.25) is 4.79 Å². The molecule has 0 heterocycles. The Balaban J connectivity index is 2.23. The molecule has 3 nitrogen and oxygen atoms in total. The number of carbonyl (C=O) groups is 1. The molecule has 0 fully saturated rings. The molecule has 26 heavy (non-hydrogen) atoms. The normalized spacial score (nSPS) is 12.3. The van der Waals surface area contributed by atoms with Gasteiger partial charge in [0.15, 0.2) is 7.14 Å². The summed E-state index contributed by atoms with van der Waals surface area (Å²) in [4.78, 5) is 12.3. The summed E-state index contributed by atoms with van der Waals surface area (Å²) in [7, 11) is -1.47. The van der Waals surface area contributed by atoms with Crippen LogP contribution in [0.15, 0.2) is 91.0 Å². The Morgan fingerprint density at radius 2 is 1.23 bits per heavy atom. The van der Waals surface area contributed by atoms with Gasteiger partial charge in [0, 0.05) is 24.1 Å². The summed E-state index contributed by atoms with van der Waals surface area (Å²) in [6.45, 7) is 0. The molecule has 0 bridgehead atoms. The van der Waals surface area contributed by atoms with Crippen LogP contribution in [0, 0.1) is 0 Å². The van der Waals surface area contributed by atoms with Crippen molar-refractivity contribution in [2.45, 2.75) is 12.1 Å². The lowest BCUT2D eigenvalue weighted by Crippen LogP contribution is -2.26. The summed E-state index contributed by atoms with van der Waals surface area (Å²) in [5.74, 6) is -0.119. The fourth-order valence-corrected chi connectivity index (χ4v) is 6.48. The van der Waals surface area contributed by atoms with E-state index in [0.717, 1.165) is 16.2 Å². The van der Waals surface area contributed by atoms with E-state index < -0.39 is 12.8 Å². The first-order valence-electron chi connectivity index (χ1n) is 8.62. The smallest absolute Gasteiger partial charge is 0.220 e. The molecule has 0 aliphatic heterocycles. The third-order valence-electron chi connectivity index (χ3n) is 4.56. The van der Waals surface area contributed by atoms with Crippen LogP contribution in [0.4, 0.5) is 0 Å². The highest BCUT2D eigenvalue weighted by atomic mass is 31.2. The summed E-state index contributed by atoms with van der Waals surface area (Å²) in [6.07, 6.45) is 0.168. The molecule has 3 rings (SSSR count). The Hall–Kier alpha value is -2.64. The summed E-state index contributed by atoms with van der Waals surface area (Å²) >= 11 is 0. The monoisotopic (exact) mass is 363 g/mol. The van der Waals surface area contributed by atoms with Gasteiger partial charge in [-0.2, -0.15) is 0 Å². The first kappa shape index (κ1) is 18.2. The molecule has 0 saturated carbocycles. The second-order valence-corrected chi connectivity index (χ2v) is 9.10. The van der Waals surface area contributed by atoms with Crippen molar-refractivity contribution in [3.05, 3.63) is 96.6 Å². The zero-order valence-electron chi connectivity index (χ0n) is 14.7. The number of benzene rings is 3. The van der Waals surface area contributed by atoms with Crippen LogP contribution in [0.5, 0.6) is 0 Å². The van der Waals surface area contributed by atoms with Crippen molar-refractivity contribution in [3.63, 3.8) is 0 Å². The molecule has 0 saturated heterocycles. The minimum absolute atomic E-state index is 0.119. The SMILES string of the molecule is CNC(=O)CC(c1ccccc1)P(=O)(c1ccccc1)c1ccccc1. The van der Waals surface area contributed by atoms with Crippen LogP contribution in [0.1, 0.15) is 17.6 Å². The lowest BCUT2D eigenvalue weighted by atomic mass is 10.1. The van der Waals surface area contributed by atoms with Crippen LogP contribution in [-0.4, -0.2) is 13.0 Å². The number of carbonyl (C=O) groups excluding carboxylic acids is 1. The van der Waals surface area contributed by atoms with Crippen molar-refractivity contribution in [2.75, 3.05) is 7.05 Å². The molecule has 3 aromatic rings. The standard InChI is InChI=1S/C22H22NO2P/c1-23-22(24)17-21(18-11-5-2-6-12-18)26(25,19-13-7-3-8-14-19)20-15-9-4-10-16-20/h2-16,21H,17H2,1H3,(H,23,24). The minimum Gasteiger partial charge on any atom is -0.359 e. The van der Waals surface area contributed by atoms with E-state index in [4.69, 9.17) is 0 Å². The molecule has 1 N–H and O–H groups in total. The molecule has 1 amide bonds. The molecule has 1 unspecified atom stereocenters. The van der Waals surface area contributed by atoms with E-state index in [2.05, 4.69) is 5.32 Å². The van der Waals surface area contributed by atoms with E-state index in [-0.39, 0.29) is 12.3 Å². The van der Waals surface area contributed by atoms with E-state index in [0.29, 0.717) is 0 Å². The highest BCUT2D eigenvalue weighted by molar-refractivity contribution is 7.79. The zero-order valence-corrected chi connectivity index (χ0v) is 15.6. The van der Waals surface area contributed by atoms with E-state index in [1.54, 1.807) is 7.05 Å². The maximum Gasteiger partial charge on any atom is 0.220 e. The van der Waals surface area contributed by atoms with Crippen molar-refractivity contribution in [1.82, 2.24) is 5.32 Å². The summed E-state index contributed by atoms with van der Waals surface area (Å²) < 4.78 is 14.6. The Morgan fingerprint density at radius 3 is 1.65 bits per heavy atom. The average Bonchev–Trinajstić information content (AvgIpc) is 2.73. The van der Waals surface area contributed by atoms with Gasteiger partial charge in [-0.25, -0.2) is 0 Å². The molecule has 0 aromatic heterocycles. The third kappa shape index (κ3) is 3.63. The number of nitrogens with one attached hydrogen (secondary N) is 1. The fraction of sp³-hybridized carbons (Fsp3) is 0.136. The van der Waals surface area contributed by atoms with Crippen molar-refractivity contribution in [2.24, 2.45) is 0 Å². The van der Waals surface area contributed by atoms with Gasteiger partial charge < -0.3 is 9.88 Å². The predicted octanol–water partition coefficient (Wildman–Crippen LogP) is 3.88. The Bertz CT molecular complexity index is 852. The van der Waals surface area contributed by atoms with E-state index in [1.165, 1.54) is 0 Å². The predicted molar refractivity (Wildman–Crippen MR) is 108 cm³/mol. The van der Waals surface area contributed by atoms with Crippen molar-refractivity contribution >= 4 is 23.7 Å². The minimum atomic E-state index is -3.08. The summed E-state index contributed by atoms with van der Waals surface area (Å²) in [5.41, 5.74) is 0.487. The first-order valence-corrected chi connectivity index (χ1v) is 10.4. The lowest BCUT2D eigenvalue weighted by molar-refractivity contribution is -0.120. The molecule has 0 radical (unpaired) electrons. The molecular weight excluding hydrogens is 341 g/mol. The number of rotatable bonds is 6. The fourth-order valence-electron chi connectivity index (χ4n) is 3.22. The van der Waals surface area contributed by atoms with E-state index in [1.807, 2.05) is 91.0 Å². The molecule has 0 aliphatic carbocycles. The summed E-state index contributed by atoms with van der Waals surface area (Å²) in [6, 6.07) is 28.7. The summed E-state index contributed by atoms with van der Waals surface area (Å²) in [5, 5.41) is 4.22. The Kier molecular flexibility index (Phi) is 5.70. The van der Waals surface area contributed by atoms with Crippen LogP contribution in [0.2, 0.25) is 0 Å². The maximum atomic E-state index is 14.6. The van der Waals surface area contributed by atoms with Crippen LogP contribution < -0.4 is 15.9 Å². The number of hydrogen-bond donors (Lipinski definition) is 1. The van der Waals surface area contributed by atoms with Gasteiger partial charge in [-0.05, 0) is 5.56 Å². The highest BCUT2D eigenvalue weighted by Gasteiger charge is 2.38. The molecular formula is C22H22NO2P. The second kappa shape index (κ2) is 8.16. The topological polar surface area (TPSA) is 46.2 Å². The maximum absolute atomic E-state index is 14.6. The Morgan fingerprint density at radius 1 is 0.808 bits per heavy atom. The lowest BCUT2D eigenvalue weighted by Gasteiger charge is -2.29. The van der Waals surface area contributed by atoms with Crippen molar-refractivity contribution in [3.8, 4) is 0 Å². The van der Waals surface area contributed by atoms with Crippen LogP contribution in [-0.2, 0) is 9.36 Å². The van der Waals surface area contributed by atoms with Gasteiger partial charge in [0.25, 0.3) is 0 Å². The van der Waals surface area contributed by atoms with E-state index in [9.17, 15) is 9.36 Å². The highest BCUT2D eigenvalue weighted by Crippen LogP contribution is 2.58.